The van der Waals surface area contributed by atoms with E-state index in [1.165, 1.54) is 6.08 Å². The van der Waals surface area contributed by atoms with Crippen molar-refractivity contribution in [2.24, 2.45) is 0 Å². The lowest BCUT2D eigenvalue weighted by Crippen LogP contribution is -2.68. The van der Waals surface area contributed by atoms with Crippen molar-refractivity contribution in [1.29, 1.82) is 0 Å². The van der Waals surface area contributed by atoms with Crippen molar-refractivity contribution in [2.75, 3.05) is 39.5 Å². The van der Waals surface area contributed by atoms with E-state index in [2.05, 4.69) is 6.58 Å². The fourth-order valence-corrected chi connectivity index (χ4v) is 3.61. The Morgan fingerprint density at radius 1 is 1.36 bits per heavy atom. The highest BCUT2D eigenvalue weighted by molar-refractivity contribution is 5.87. The standard InChI is InChI=1S/C16H24N2O4/c1-2-14(19)17-7-8-18(16(12-17)5-3-6-16)15(20)11-22-13-4-9-21-10-13/h2,13H,1,3-12H2/t13-/m0/s1. The number of piperazine rings is 1. The van der Waals surface area contributed by atoms with Gasteiger partial charge in [0.25, 0.3) is 0 Å². The molecule has 2 heterocycles. The first-order valence-electron chi connectivity index (χ1n) is 8.06. The van der Waals surface area contributed by atoms with E-state index in [-0.39, 0.29) is 30.1 Å². The third-order valence-corrected chi connectivity index (χ3v) is 5.05. The number of amides is 2. The molecule has 2 saturated heterocycles. The minimum absolute atomic E-state index is 0.0392. The van der Waals surface area contributed by atoms with Crippen LogP contribution in [0, 0.1) is 0 Å². The lowest BCUT2D eigenvalue weighted by atomic mass is 9.73. The maximum Gasteiger partial charge on any atom is 0.249 e. The largest absolute Gasteiger partial charge is 0.379 e. The van der Waals surface area contributed by atoms with Crippen molar-refractivity contribution in [3.05, 3.63) is 12.7 Å². The van der Waals surface area contributed by atoms with Crippen LogP contribution in [0.3, 0.4) is 0 Å². The van der Waals surface area contributed by atoms with E-state index >= 15 is 0 Å². The van der Waals surface area contributed by atoms with Crippen LogP contribution in [0.25, 0.3) is 0 Å². The first kappa shape index (κ1) is 15.5. The monoisotopic (exact) mass is 308 g/mol. The van der Waals surface area contributed by atoms with Gasteiger partial charge in [0.05, 0.1) is 18.2 Å². The number of carbonyl (C=O) groups excluding carboxylic acids is 2. The van der Waals surface area contributed by atoms with Crippen molar-refractivity contribution in [3.8, 4) is 0 Å². The molecular weight excluding hydrogens is 284 g/mol. The van der Waals surface area contributed by atoms with E-state index in [0.29, 0.717) is 32.8 Å². The van der Waals surface area contributed by atoms with Crippen LogP contribution in [-0.2, 0) is 19.1 Å². The number of rotatable bonds is 4. The fraction of sp³-hybridized carbons (Fsp3) is 0.750. The summed E-state index contributed by atoms with van der Waals surface area (Å²) < 4.78 is 10.9. The van der Waals surface area contributed by atoms with Gasteiger partial charge in [-0.15, -0.1) is 0 Å². The Morgan fingerprint density at radius 2 is 2.18 bits per heavy atom. The molecule has 2 aliphatic heterocycles. The predicted octanol–water partition coefficient (Wildman–Crippen LogP) is 0.571. The van der Waals surface area contributed by atoms with Crippen LogP contribution >= 0.6 is 0 Å². The molecule has 122 valence electrons. The van der Waals surface area contributed by atoms with Crippen molar-refractivity contribution < 1.29 is 19.1 Å². The summed E-state index contributed by atoms with van der Waals surface area (Å²) in [4.78, 5) is 28.1. The molecule has 3 aliphatic rings. The van der Waals surface area contributed by atoms with Gasteiger partial charge in [-0.1, -0.05) is 6.58 Å². The number of nitrogens with zero attached hydrogens (tertiary/aromatic N) is 2. The summed E-state index contributed by atoms with van der Waals surface area (Å²) in [6, 6.07) is 0. The summed E-state index contributed by atoms with van der Waals surface area (Å²) in [5.74, 6) is -0.00460. The van der Waals surface area contributed by atoms with Crippen LogP contribution in [0.2, 0.25) is 0 Å². The third kappa shape index (κ3) is 2.90. The Balaban J connectivity index is 1.59. The van der Waals surface area contributed by atoms with Gasteiger partial charge in [0.2, 0.25) is 11.8 Å². The lowest BCUT2D eigenvalue weighted by molar-refractivity contribution is -0.158. The molecule has 0 N–H and O–H groups in total. The summed E-state index contributed by atoms with van der Waals surface area (Å²) in [6.07, 6.45) is 5.30. The van der Waals surface area contributed by atoms with Crippen LogP contribution in [0.15, 0.2) is 12.7 Å². The second-order valence-electron chi connectivity index (χ2n) is 6.38. The summed E-state index contributed by atoms with van der Waals surface area (Å²) in [5.41, 5.74) is -0.177. The Morgan fingerprint density at radius 3 is 2.77 bits per heavy atom. The minimum atomic E-state index is -0.177. The van der Waals surface area contributed by atoms with Gasteiger partial charge < -0.3 is 19.3 Å². The number of hydrogen-bond donors (Lipinski definition) is 0. The third-order valence-electron chi connectivity index (χ3n) is 5.05. The highest BCUT2D eigenvalue weighted by atomic mass is 16.5. The van der Waals surface area contributed by atoms with E-state index < -0.39 is 0 Å². The van der Waals surface area contributed by atoms with Crippen LogP contribution < -0.4 is 0 Å². The molecule has 1 saturated carbocycles. The molecule has 0 aromatic heterocycles. The zero-order chi connectivity index (χ0) is 15.6. The molecule has 6 nitrogen and oxygen atoms in total. The normalized spacial score (nSPS) is 26.8. The molecule has 0 radical (unpaired) electrons. The van der Waals surface area contributed by atoms with Crippen molar-refractivity contribution in [1.82, 2.24) is 9.80 Å². The topological polar surface area (TPSA) is 59.1 Å². The van der Waals surface area contributed by atoms with Crippen molar-refractivity contribution in [3.63, 3.8) is 0 Å². The maximum absolute atomic E-state index is 12.5. The molecular formula is C16H24N2O4. The molecule has 0 unspecified atom stereocenters. The van der Waals surface area contributed by atoms with Gasteiger partial charge in [-0.2, -0.15) is 0 Å². The molecule has 3 fully saturated rings. The van der Waals surface area contributed by atoms with Crippen LogP contribution in [0.5, 0.6) is 0 Å². The van der Waals surface area contributed by atoms with Crippen LogP contribution in [-0.4, -0.2) is 72.7 Å². The molecule has 0 bridgehead atoms. The number of carbonyl (C=O) groups is 2. The minimum Gasteiger partial charge on any atom is -0.379 e. The Bertz CT molecular complexity index is 455. The van der Waals surface area contributed by atoms with E-state index in [9.17, 15) is 9.59 Å². The molecule has 2 amide bonds. The fourth-order valence-electron chi connectivity index (χ4n) is 3.61. The quantitative estimate of drug-likeness (QED) is 0.713. The molecule has 0 aromatic carbocycles. The van der Waals surface area contributed by atoms with Gasteiger partial charge in [-0.25, -0.2) is 0 Å². The molecule has 1 atom stereocenters. The lowest BCUT2D eigenvalue weighted by Gasteiger charge is -2.55. The Kier molecular flexibility index (Phi) is 4.49. The SMILES string of the molecule is C=CC(=O)N1CCN(C(=O)CO[C@H]2CCOC2)C2(CCC2)C1. The van der Waals surface area contributed by atoms with Gasteiger partial charge in [-0.3, -0.25) is 9.59 Å². The van der Waals surface area contributed by atoms with Crippen LogP contribution in [0.1, 0.15) is 25.7 Å². The molecule has 22 heavy (non-hydrogen) atoms. The van der Waals surface area contributed by atoms with Crippen molar-refractivity contribution >= 4 is 11.8 Å². The van der Waals surface area contributed by atoms with Crippen molar-refractivity contribution in [2.45, 2.75) is 37.3 Å². The first-order valence-corrected chi connectivity index (χ1v) is 8.06. The maximum atomic E-state index is 12.5. The average Bonchev–Trinajstić information content (AvgIpc) is 3.03. The highest BCUT2D eigenvalue weighted by Crippen LogP contribution is 2.40. The molecule has 1 spiro atoms. The predicted molar refractivity (Wildman–Crippen MR) is 80.2 cm³/mol. The molecule has 0 aromatic rings. The molecule has 6 heteroatoms. The summed E-state index contributed by atoms with van der Waals surface area (Å²) in [6.45, 7) is 6.75. The second kappa shape index (κ2) is 6.38. The van der Waals surface area contributed by atoms with Gasteiger partial charge in [0, 0.05) is 26.2 Å². The zero-order valence-electron chi connectivity index (χ0n) is 13.0. The summed E-state index contributed by atoms with van der Waals surface area (Å²) in [5, 5.41) is 0. The molecule has 1 aliphatic carbocycles. The van der Waals surface area contributed by atoms with Gasteiger partial charge in [0.1, 0.15) is 6.61 Å². The van der Waals surface area contributed by atoms with E-state index in [1.54, 1.807) is 0 Å². The highest BCUT2D eigenvalue weighted by Gasteiger charge is 2.48. The average molecular weight is 308 g/mol. The second-order valence-corrected chi connectivity index (χ2v) is 6.38. The van der Waals surface area contributed by atoms with Crippen LogP contribution in [0.4, 0.5) is 0 Å². The number of ether oxygens (including phenoxy) is 2. The van der Waals surface area contributed by atoms with E-state index in [4.69, 9.17) is 9.47 Å². The smallest absolute Gasteiger partial charge is 0.249 e. The Labute approximate surface area is 131 Å². The van der Waals surface area contributed by atoms with E-state index in [1.807, 2.05) is 9.80 Å². The Hall–Kier alpha value is -1.40. The summed E-state index contributed by atoms with van der Waals surface area (Å²) in [7, 11) is 0. The van der Waals surface area contributed by atoms with Gasteiger partial charge in [0.15, 0.2) is 0 Å². The van der Waals surface area contributed by atoms with E-state index in [0.717, 1.165) is 25.7 Å². The number of hydrogen-bond acceptors (Lipinski definition) is 4. The van der Waals surface area contributed by atoms with Gasteiger partial charge >= 0.3 is 0 Å². The first-order chi connectivity index (χ1) is 10.6. The van der Waals surface area contributed by atoms with Gasteiger partial charge in [-0.05, 0) is 31.8 Å². The molecule has 3 rings (SSSR count). The zero-order valence-corrected chi connectivity index (χ0v) is 13.0. The summed E-state index contributed by atoms with van der Waals surface area (Å²) >= 11 is 0.